The van der Waals surface area contributed by atoms with Crippen LogP contribution in [0, 0.1) is 0 Å². The van der Waals surface area contributed by atoms with Crippen molar-refractivity contribution in [1.29, 1.82) is 0 Å². The van der Waals surface area contributed by atoms with Gasteiger partial charge in [-0.15, -0.1) is 0 Å². The Labute approximate surface area is 170 Å². The van der Waals surface area contributed by atoms with E-state index in [1.807, 2.05) is 31.2 Å². The summed E-state index contributed by atoms with van der Waals surface area (Å²) in [6.07, 6.45) is 0.477. The molecule has 0 amide bonds. The third-order valence-corrected chi connectivity index (χ3v) is 6.28. The maximum atomic E-state index is 13.1. The van der Waals surface area contributed by atoms with Gasteiger partial charge >= 0.3 is 5.69 Å². The number of aromatic amines is 1. The molecule has 5 nitrogen and oxygen atoms in total. The normalized spacial score (nSPS) is 15.6. The van der Waals surface area contributed by atoms with Crippen LogP contribution >= 0.6 is 23.2 Å². The highest BCUT2D eigenvalue weighted by Crippen LogP contribution is 2.41. The first-order valence-electron chi connectivity index (χ1n) is 9.08. The van der Waals surface area contributed by atoms with Crippen LogP contribution in [-0.4, -0.2) is 19.2 Å². The van der Waals surface area contributed by atoms with Crippen LogP contribution in [0.2, 0.25) is 10.0 Å². The molecule has 0 saturated carbocycles. The van der Waals surface area contributed by atoms with E-state index >= 15 is 0 Å². The predicted molar refractivity (Wildman–Crippen MR) is 111 cm³/mol. The number of nitrogens with one attached hydrogen (secondary N) is 1. The second-order valence-corrected chi connectivity index (χ2v) is 7.80. The second kappa shape index (κ2) is 6.19. The van der Waals surface area contributed by atoms with Crippen molar-refractivity contribution in [2.45, 2.75) is 25.9 Å². The molecule has 2 N–H and O–H groups in total. The van der Waals surface area contributed by atoms with Crippen molar-refractivity contribution >= 4 is 34.1 Å². The Hall–Kier alpha value is -2.63. The van der Waals surface area contributed by atoms with E-state index in [9.17, 15) is 9.90 Å². The average Bonchev–Trinajstić information content (AvgIpc) is 3.18. The minimum atomic E-state index is -0.424. The quantitative estimate of drug-likeness (QED) is 0.440. The summed E-state index contributed by atoms with van der Waals surface area (Å²) in [7, 11) is 0. The number of aromatic nitrogens is 3. The zero-order valence-corrected chi connectivity index (χ0v) is 16.6. The summed E-state index contributed by atoms with van der Waals surface area (Å²) in [6.45, 7) is 2.24. The number of para-hydroxylation sites is 1. The minimum absolute atomic E-state index is 0.0218. The molecule has 7 heteroatoms. The highest BCUT2D eigenvalue weighted by Gasteiger charge is 2.35. The lowest BCUT2D eigenvalue weighted by Gasteiger charge is -2.26. The first-order chi connectivity index (χ1) is 13.5. The zero-order chi connectivity index (χ0) is 19.6. The van der Waals surface area contributed by atoms with Gasteiger partial charge in [0.05, 0.1) is 15.7 Å². The first-order valence-corrected chi connectivity index (χ1v) is 9.84. The number of fused-ring (bicyclic) bond motifs is 4. The van der Waals surface area contributed by atoms with Gasteiger partial charge < -0.3 is 10.1 Å². The number of aromatic hydroxyl groups is 1. The van der Waals surface area contributed by atoms with E-state index in [0.717, 1.165) is 27.7 Å². The lowest BCUT2D eigenvalue weighted by atomic mass is 9.93. The van der Waals surface area contributed by atoms with Crippen LogP contribution < -0.4 is 5.69 Å². The standard InChI is InChI=1S/C21H17Cl2N3O2/c1-2-25-20(27)17-10-13-12-5-3-4-6-16(12)24-18(13)19(26(17)21(25)28)11-7-8-14(22)15(23)9-11/h3-9,19,24,27H,2,10H2,1H3/t19-/m1/s1. The second-order valence-electron chi connectivity index (χ2n) is 6.98. The molecule has 1 aliphatic heterocycles. The number of hydrogen-bond acceptors (Lipinski definition) is 2. The molecule has 28 heavy (non-hydrogen) atoms. The van der Waals surface area contributed by atoms with Crippen molar-refractivity contribution in [2.75, 3.05) is 0 Å². The molecule has 4 aromatic rings. The molecule has 0 bridgehead atoms. The van der Waals surface area contributed by atoms with Crippen LogP contribution in [0.1, 0.15) is 35.5 Å². The molecule has 0 aliphatic carbocycles. The molecule has 0 unspecified atom stereocenters. The molecule has 3 heterocycles. The van der Waals surface area contributed by atoms with Crippen LogP contribution in [0.15, 0.2) is 47.3 Å². The molecule has 2 aromatic carbocycles. The van der Waals surface area contributed by atoms with Crippen LogP contribution in [0.4, 0.5) is 0 Å². The Kier molecular flexibility index (Phi) is 3.86. The van der Waals surface area contributed by atoms with Crippen molar-refractivity contribution in [3.63, 3.8) is 0 Å². The fraction of sp³-hybridized carbons (Fsp3) is 0.190. The van der Waals surface area contributed by atoms with Crippen molar-refractivity contribution < 1.29 is 5.11 Å². The van der Waals surface area contributed by atoms with Gasteiger partial charge in [0.15, 0.2) is 0 Å². The van der Waals surface area contributed by atoms with Crippen molar-refractivity contribution in [3.05, 3.63) is 85.5 Å². The van der Waals surface area contributed by atoms with Crippen molar-refractivity contribution in [1.82, 2.24) is 14.1 Å². The number of H-pyrrole nitrogens is 1. The van der Waals surface area contributed by atoms with E-state index in [2.05, 4.69) is 11.1 Å². The first kappa shape index (κ1) is 17.5. The summed E-state index contributed by atoms with van der Waals surface area (Å²) in [4.78, 5) is 16.6. The van der Waals surface area contributed by atoms with Gasteiger partial charge in [-0.25, -0.2) is 4.79 Å². The molecule has 0 spiro atoms. The number of benzene rings is 2. The smallest absolute Gasteiger partial charge is 0.332 e. The SMILES string of the molecule is CCn1c(O)c2n(c1=O)[C@H](c1ccc(Cl)c(Cl)c1)c1[nH]c3ccccc3c1C2. The molecular formula is C21H17Cl2N3O2. The van der Waals surface area contributed by atoms with E-state index < -0.39 is 6.04 Å². The Bertz CT molecular complexity index is 1300. The van der Waals surface area contributed by atoms with Gasteiger partial charge in [-0.05, 0) is 36.2 Å². The van der Waals surface area contributed by atoms with Gasteiger partial charge in [0, 0.05) is 29.6 Å². The maximum Gasteiger partial charge on any atom is 0.332 e. The maximum absolute atomic E-state index is 13.1. The molecule has 1 aliphatic rings. The summed E-state index contributed by atoms with van der Waals surface area (Å²) in [5.41, 5.74) is 4.21. The third kappa shape index (κ3) is 2.30. The number of imidazole rings is 1. The molecular weight excluding hydrogens is 397 g/mol. The van der Waals surface area contributed by atoms with Crippen LogP contribution in [0.3, 0.4) is 0 Å². The largest absolute Gasteiger partial charge is 0.493 e. The number of nitrogens with zero attached hydrogens (tertiary/aromatic N) is 2. The number of hydrogen-bond donors (Lipinski definition) is 2. The van der Waals surface area contributed by atoms with Gasteiger partial charge in [0.2, 0.25) is 5.88 Å². The molecule has 2 aromatic heterocycles. The molecule has 0 radical (unpaired) electrons. The lowest BCUT2D eigenvalue weighted by molar-refractivity contribution is 0.413. The van der Waals surface area contributed by atoms with Gasteiger partial charge in [0.25, 0.3) is 0 Å². The van der Waals surface area contributed by atoms with Crippen LogP contribution in [0.25, 0.3) is 10.9 Å². The summed E-state index contributed by atoms with van der Waals surface area (Å²) in [5, 5.41) is 12.7. The van der Waals surface area contributed by atoms with E-state index in [1.165, 1.54) is 4.57 Å². The lowest BCUT2D eigenvalue weighted by Crippen LogP contribution is -2.32. The van der Waals surface area contributed by atoms with Gasteiger partial charge in [-0.1, -0.05) is 47.5 Å². The monoisotopic (exact) mass is 413 g/mol. The summed E-state index contributed by atoms with van der Waals surface area (Å²) in [6, 6.07) is 13.0. The summed E-state index contributed by atoms with van der Waals surface area (Å²) >= 11 is 12.4. The molecule has 5 rings (SSSR count). The number of halogens is 2. The van der Waals surface area contributed by atoms with Crippen molar-refractivity contribution in [3.8, 4) is 5.88 Å². The molecule has 0 fully saturated rings. The molecule has 0 saturated heterocycles. The fourth-order valence-electron chi connectivity index (χ4n) is 4.25. The van der Waals surface area contributed by atoms with Crippen LogP contribution in [-0.2, 0) is 13.0 Å². The van der Waals surface area contributed by atoms with Crippen LogP contribution in [0.5, 0.6) is 5.88 Å². The van der Waals surface area contributed by atoms with E-state index in [1.54, 1.807) is 16.7 Å². The predicted octanol–water partition coefficient (Wildman–Crippen LogP) is 4.71. The highest BCUT2D eigenvalue weighted by molar-refractivity contribution is 6.42. The van der Waals surface area contributed by atoms with Gasteiger partial charge in [-0.3, -0.25) is 9.13 Å². The van der Waals surface area contributed by atoms with E-state index in [0.29, 0.717) is 28.7 Å². The minimum Gasteiger partial charge on any atom is -0.493 e. The Morgan fingerprint density at radius 2 is 1.96 bits per heavy atom. The Morgan fingerprint density at radius 1 is 1.18 bits per heavy atom. The van der Waals surface area contributed by atoms with E-state index in [4.69, 9.17) is 23.2 Å². The molecule has 142 valence electrons. The fourth-order valence-corrected chi connectivity index (χ4v) is 4.56. The zero-order valence-electron chi connectivity index (χ0n) is 15.0. The van der Waals surface area contributed by atoms with E-state index in [-0.39, 0.29) is 11.6 Å². The van der Waals surface area contributed by atoms with Crippen molar-refractivity contribution in [2.24, 2.45) is 0 Å². The Morgan fingerprint density at radius 3 is 2.71 bits per heavy atom. The summed E-state index contributed by atoms with van der Waals surface area (Å²) in [5.74, 6) is 0.0218. The number of rotatable bonds is 2. The third-order valence-electron chi connectivity index (χ3n) is 5.54. The highest BCUT2D eigenvalue weighted by atomic mass is 35.5. The van der Waals surface area contributed by atoms with Gasteiger partial charge in [0.1, 0.15) is 6.04 Å². The summed E-state index contributed by atoms with van der Waals surface area (Å²) < 4.78 is 3.06. The van der Waals surface area contributed by atoms with Gasteiger partial charge in [-0.2, -0.15) is 0 Å². The molecule has 1 atom stereocenters. The Balaban J connectivity index is 1.87. The average molecular weight is 414 g/mol. The topological polar surface area (TPSA) is 62.9 Å².